The predicted molar refractivity (Wildman–Crippen MR) is 119 cm³/mol. The van der Waals surface area contributed by atoms with Gasteiger partial charge in [0.2, 0.25) is 0 Å². The molecule has 1 saturated carbocycles. The molecule has 2 fully saturated rings. The molecule has 0 radical (unpaired) electrons. The summed E-state index contributed by atoms with van der Waals surface area (Å²) in [4.78, 5) is 2.60. The van der Waals surface area contributed by atoms with E-state index in [1.165, 1.54) is 16.7 Å². The molecule has 3 aromatic rings. The molecule has 4 atom stereocenters. The van der Waals surface area contributed by atoms with Gasteiger partial charge in [0.15, 0.2) is 0 Å². The van der Waals surface area contributed by atoms with Crippen molar-refractivity contribution in [1.82, 2.24) is 4.90 Å². The van der Waals surface area contributed by atoms with Gasteiger partial charge in [-0.15, -0.1) is 0 Å². The van der Waals surface area contributed by atoms with Crippen LogP contribution in [0.15, 0.2) is 91.0 Å². The second-order valence-electron chi connectivity index (χ2n) is 8.42. The zero-order chi connectivity index (χ0) is 20.2. The van der Waals surface area contributed by atoms with Crippen LogP contribution < -0.4 is 0 Å². The van der Waals surface area contributed by atoms with Crippen LogP contribution in [0.25, 0.3) is 0 Å². The first-order chi connectivity index (χ1) is 14.9. The van der Waals surface area contributed by atoms with Crippen molar-refractivity contribution in [3.63, 3.8) is 0 Å². The summed E-state index contributed by atoms with van der Waals surface area (Å²) in [5.74, 6) is 0. The molecular weight excluding hydrogens is 370 g/mol. The van der Waals surface area contributed by atoms with Crippen LogP contribution in [0.4, 0.5) is 0 Å². The van der Waals surface area contributed by atoms with E-state index in [1.807, 2.05) is 6.07 Å². The van der Waals surface area contributed by atoms with Gasteiger partial charge in [-0.1, -0.05) is 91.0 Å². The molecule has 3 heteroatoms. The van der Waals surface area contributed by atoms with E-state index in [2.05, 4.69) is 89.8 Å². The van der Waals surface area contributed by atoms with Crippen molar-refractivity contribution in [2.45, 2.75) is 56.9 Å². The van der Waals surface area contributed by atoms with E-state index in [-0.39, 0.29) is 18.3 Å². The van der Waals surface area contributed by atoms with Crippen LogP contribution in [0.1, 0.15) is 29.5 Å². The summed E-state index contributed by atoms with van der Waals surface area (Å²) in [6, 6.07) is 32.4. The zero-order valence-electron chi connectivity index (χ0n) is 17.3. The van der Waals surface area contributed by atoms with E-state index in [9.17, 15) is 0 Å². The summed E-state index contributed by atoms with van der Waals surface area (Å²) in [6.07, 6.45) is 2.90. The molecule has 0 spiro atoms. The fraction of sp³-hybridized carbons (Fsp3) is 0.333. The summed E-state index contributed by atoms with van der Waals surface area (Å²) in [5, 5.41) is 0. The molecule has 1 saturated heterocycles. The average Bonchev–Trinajstić information content (AvgIpc) is 3.60. The van der Waals surface area contributed by atoms with Gasteiger partial charge in [0.05, 0.1) is 12.7 Å². The first-order valence-electron chi connectivity index (χ1n) is 11.0. The summed E-state index contributed by atoms with van der Waals surface area (Å²) < 4.78 is 12.4. The fourth-order valence-corrected chi connectivity index (χ4v) is 4.68. The van der Waals surface area contributed by atoms with E-state index < -0.39 is 0 Å². The Morgan fingerprint density at radius 2 is 1.20 bits per heavy atom. The van der Waals surface area contributed by atoms with Gasteiger partial charge < -0.3 is 9.47 Å². The number of epoxide rings is 1. The van der Waals surface area contributed by atoms with Crippen LogP contribution >= 0.6 is 0 Å². The Balaban J connectivity index is 1.25. The van der Waals surface area contributed by atoms with Crippen molar-refractivity contribution in [3.8, 4) is 0 Å². The highest BCUT2D eigenvalue weighted by Gasteiger charge is 2.54. The van der Waals surface area contributed by atoms with Gasteiger partial charge >= 0.3 is 0 Å². The molecule has 2 aliphatic rings. The first kappa shape index (κ1) is 19.5. The molecule has 1 heterocycles. The molecule has 154 valence electrons. The van der Waals surface area contributed by atoms with Crippen LogP contribution in [0.3, 0.4) is 0 Å². The molecule has 0 aromatic heterocycles. The molecular formula is C27H29NO2. The second-order valence-corrected chi connectivity index (χ2v) is 8.42. The maximum absolute atomic E-state index is 6.24. The van der Waals surface area contributed by atoms with Crippen LogP contribution in [0, 0.1) is 0 Å². The van der Waals surface area contributed by atoms with E-state index >= 15 is 0 Å². The third kappa shape index (κ3) is 4.65. The topological polar surface area (TPSA) is 25.0 Å². The highest BCUT2D eigenvalue weighted by Crippen LogP contribution is 2.42. The number of rotatable bonds is 8. The molecule has 1 aliphatic carbocycles. The fourth-order valence-electron chi connectivity index (χ4n) is 4.68. The minimum absolute atomic E-state index is 0.210. The van der Waals surface area contributed by atoms with Gasteiger partial charge in [-0.25, -0.2) is 0 Å². The van der Waals surface area contributed by atoms with Crippen molar-refractivity contribution in [1.29, 1.82) is 0 Å². The molecule has 0 unspecified atom stereocenters. The van der Waals surface area contributed by atoms with E-state index in [4.69, 9.17) is 9.47 Å². The van der Waals surface area contributed by atoms with Gasteiger partial charge in [-0.05, 0) is 29.5 Å². The lowest BCUT2D eigenvalue weighted by atomic mass is 9.91. The summed E-state index contributed by atoms with van der Waals surface area (Å²) >= 11 is 0. The molecule has 0 amide bonds. The van der Waals surface area contributed by atoms with Gasteiger partial charge in [0.1, 0.15) is 12.2 Å². The highest BCUT2D eigenvalue weighted by molar-refractivity contribution is 5.19. The third-order valence-corrected chi connectivity index (χ3v) is 6.29. The molecule has 5 rings (SSSR count). The van der Waals surface area contributed by atoms with Crippen molar-refractivity contribution in [2.24, 2.45) is 0 Å². The standard InChI is InChI=1S/C27H29NO2/c1-4-10-21(11-5-1)18-28(19-22-12-6-2-7-13-22)24-16-17-25(27-26(24)30-27)29-20-23-14-8-3-9-15-23/h1-15,24-27H,16-20H2/t24-,25+,26+,27-/m1/s1. The maximum atomic E-state index is 6.24. The predicted octanol–water partition coefficient (Wildman–Crippen LogP) is 5.20. The Labute approximate surface area is 179 Å². The number of fused-ring (bicyclic) bond motifs is 1. The number of ether oxygens (including phenoxy) is 2. The molecule has 3 aromatic carbocycles. The molecule has 0 N–H and O–H groups in total. The number of benzene rings is 3. The maximum Gasteiger partial charge on any atom is 0.112 e. The Morgan fingerprint density at radius 3 is 1.77 bits per heavy atom. The second kappa shape index (κ2) is 9.13. The average molecular weight is 400 g/mol. The number of nitrogens with zero attached hydrogens (tertiary/aromatic N) is 1. The summed E-state index contributed by atoms with van der Waals surface area (Å²) in [6.45, 7) is 2.56. The molecule has 3 nitrogen and oxygen atoms in total. The molecule has 30 heavy (non-hydrogen) atoms. The number of hydrogen-bond acceptors (Lipinski definition) is 3. The van der Waals surface area contributed by atoms with Crippen molar-refractivity contribution >= 4 is 0 Å². The Morgan fingerprint density at radius 1 is 0.667 bits per heavy atom. The van der Waals surface area contributed by atoms with E-state index in [1.54, 1.807) is 0 Å². The van der Waals surface area contributed by atoms with Gasteiger partial charge in [0.25, 0.3) is 0 Å². The van der Waals surface area contributed by atoms with Crippen LogP contribution in [-0.4, -0.2) is 29.3 Å². The largest absolute Gasteiger partial charge is 0.371 e. The zero-order valence-corrected chi connectivity index (χ0v) is 17.3. The molecule has 0 bridgehead atoms. The van der Waals surface area contributed by atoms with Crippen molar-refractivity contribution in [3.05, 3.63) is 108 Å². The number of hydrogen-bond donors (Lipinski definition) is 0. The van der Waals surface area contributed by atoms with E-state index in [0.29, 0.717) is 12.6 Å². The lowest BCUT2D eigenvalue weighted by molar-refractivity contribution is 0.00475. The monoisotopic (exact) mass is 399 g/mol. The Bertz CT molecular complexity index is 874. The lowest BCUT2D eigenvalue weighted by Crippen LogP contribution is -2.44. The third-order valence-electron chi connectivity index (χ3n) is 6.29. The Hall–Kier alpha value is -2.46. The summed E-state index contributed by atoms with van der Waals surface area (Å²) in [5.41, 5.74) is 3.94. The minimum Gasteiger partial charge on any atom is -0.371 e. The van der Waals surface area contributed by atoms with Crippen LogP contribution in [0.2, 0.25) is 0 Å². The summed E-state index contributed by atoms with van der Waals surface area (Å²) in [7, 11) is 0. The van der Waals surface area contributed by atoms with Crippen molar-refractivity contribution in [2.75, 3.05) is 0 Å². The lowest BCUT2D eigenvalue weighted by Gasteiger charge is -2.34. The van der Waals surface area contributed by atoms with Crippen molar-refractivity contribution < 1.29 is 9.47 Å². The van der Waals surface area contributed by atoms with Crippen LogP contribution in [0.5, 0.6) is 0 Å². The minimum atomic E-state index is 0.210. The SMILES string of the molecule is c1ccc(CO[C@H]2CC[C@@H](N(Cc3ccccc3)Cc3ccccc3)[C@@H]3O[C@@H]32)cc1. The molecule has 1 aliphatic heterocycles. The first-order valence-corrected chi connectivity index (χ1v) is 11.0. The quantitative estimate of drug-likeness (QED) is 0.487. The van der Waals surface area contributed by atoms with Crippen LogP contribution in [-0.2, 0) is 29.2 Å². The Kier molecular flexibility index (Phi) is 5.94. The van der Waals surface area contributed by atoms with Gasteiger partial charge in [-0.2, -0.15) is 0 Å². The highest BCUT2D eigenvalue weighted by atomic mass is 16.6. The normalized spacial score (nSPS) is 25.1. The van der Waals surface area contributed by atoms with Gasteiger partial charge in [0, 0.05) is 19.1 Å². The smallest absolute Gasteiger partial charge is 0.112 e. The van der Waals surface area contributed by atoms with Gasteiger partial charge in [-0.3, -0.25) is 4.90 Å². The van der Waals surface area contributed by atoms with E-state index in [0.717, 1.165) is 25.9 Å².